The van der Waals surface area contributed by atoms with Gasteiger partial charge >= 0.3 is 10.2 Å². The molecule has 3 heterocycles. The van der Waals surface area contributed by atoms with Crippen LogP contribution >= 0.6 is 10.2 Å². The lowest BCUT2D eigenvalue weighted by atomic mass is 10.0. The van der Waals surface area contributed by atoms with E-state index in [4.69, 9.17) is 0 Å². The molecule has 0 saturated carbocycles. The molecule has 2 aromatic carbocycles. The summed E-state index contributed by atoms with van der Waals surface area (Å²) in [6.45, 7) is 12.9. The molecule has 0 amide bonds. The number of anilines is 1. The van der Waals surface area contributed by atoms with E-state index >= 15 is 0 Å². The molecule has 0 radical (unpaired) electrons. The zero-order valence-electron chi connectivity index (χ0n) is 22.5. The largest absolute Gasteiger partial charge is 0.371 e. The molecule has 11 heteroatoms. The summed E-state index contributed by atoms with van der Waals surface area (Å²) < 4.78 is 66.3. The second kappa shape index (κ2) is 9.94. The molecule has 2 N–H and O–H groups in total. The third-order valence-corrected chi connectivity index (χ3v) is 9.20. The van der Waals surface area contributed by atoms with E-state index in [1.165, 1.54) is 6.07 Å². The van der Waals surface area contributed by atoms with Crippen LogP contribution in [0.5, 0.6) is 0 Å². The number of benzene rings is 2. The maximum atomic E-state index is 13.3. The first-order valence-corrected chi connectivity index (χ1v) is 15.6. The van der Waals surface area contributed by atoms with Gasteiger partial charge in [0.15, 0.2) is 0 Å². The van der Waals surface area contributed by atoms with E-state index in [0.29, 0.717) is 35.4 Å². The number of H-pyrrole nitrogens is 1. The van der Waals surface area contributed by atoms with Gasteiger partial charge < -0.3 is 15.2 Å². The first-order chi connectivity index (χ1) is 18.2. The van der Waals surface area contributed by atoms with E-state index < -0.39 is 15.1 Å². The van der Waals surface area contributed by atoms with Gasteiger partial charge in [-0.2, -0.15) is 0 Å². The predicted molar refractivity (Wildman–Crippen MR) is 152 cm³/mol. The Kier molecular flexibility index (Phi) is 7.18. The number of piperidine rings is 1. The molecule has 5 rings (SSSR count). The van der Waals surface area contributed by atoms with Gasteiger partial charge in [-0.15, -0.1) is 0 Å². The molecular formula is C28H38F5N5S. The second-order valence-electron chi connectivity index (χ2n) is 11.1. The van der Waals surface area contributed by atoms with Gasteiger partial charge in [-0.1, -0.05) is 31.6 Å². The van der Waals surface area contributed by atoms with Gasteiger partial charge in [0, 0.05) is 86.7 Å². The fourth-order valence-electron chi connectivity index (χ4n) is 5.65. The highest BCUT2D eigenvalue weighted by Crippen LogP contribution is 3.02. The summed E-state index contributed by atoms with van der Waals surface area (Å²) in [6, 6.07) is 12.5. The number of nitrogens with zero attached hydrogens (tertiary/aromatic N) is 3. The summed E-state index contributed by atoms with van der Waals surface area (Å²) in [5.41, 5.74) is 2.82. The molecule has 2 aliphatic heterocycles. The molecule has 39 heavy (non-hydrogen) atoms. The highest BCUT2D eigenvalue weighted by molar-refractivity contribution is 8.45. The lowest BCUT2D eigenvalue weighted by Crippen LogP contribution is -2.51. The van der Waals surface area contributed by atoms with Crippen LogP contribution in [0.1, 0.15) is 26.7 Å². The van der Waals surface area contributed by atoms with Crippen LogP contribution in [0.25, 0.3) is 22.2 Å². The number of fused-ring (bicyclic) bond motifs is 1. The van der Waals surface area contributed by atoms with E-state index in [2.05, 4.69) is 38.8 Å². The minimum absolute atomic E-state index is 0.106. The van der Waals surface area contributed by atoms with Crippen molar-refractivity contribution in [3.05, 3.63) is 48.5 Å². The van der Waals surface area contributed by atoms with Crippen molar-refractivity contribution in [2.45, 2.75) is 43.7 Å². The van der Waals surface area contributed by atoms with Gasteiger partial charge in [0.05, 0.1) is 0 Å². The van der Waals surface area contributed by atoms with E-state index in [1.807, 2.05) is 24.3 Å². The Balaban J connectivity index is 1.16. The lowest BCUT2D eigenvalue weighted by molar-refractivity contribution is 0.108. The average molecular weight is 572 g/mol. The number of hydrogen-bond acceptors (Lipinski definition) is 4. The summed E-state index contributed by atoms with van der Waals surface area (Å²) in [5, 5.41) is 3.84. The van der Waals surface area contributed by atoms with E-state index in [-0.39, 0.29) is 5.39 Å². The highest BCUT2D eigenvalue weighted by Gasteiger charge is 2.65. The standard InChI is InChI=1S/C28H38F5N5S/c1-21(2)37-16-14-36(15-17-37)13-10-34-24-8-11-38(12-9-24)25-5-3-4-22(18-25)28-20-23-19-26(6-7-27(23)35-28)39(29,30,31,32)33/h3-7,18-21,24,34-35H,8-17H2,1-2H3. The van der Waals surface area contributed by atoms with Crippen LogP contribution in [0.2, 0.25) is 0 Å². The fourth-order valence-corrected chi connectivity index (χ4v) is 6.32. The van der Waals surface area contributed by atoms with Crippen molar-refractivity contribution >= 4 is 26.8 Å². The summed E-state index contributed by atoms with van der Waals surface area (Å²) >= 11 is 0. The van der Waals surface area contributed by atoms with Crippen molar-refractivity contribution in [1.29, 1.82) is 0 Å². The first kappa shape index (κ1) is 28.2. The molecule has 0 spiro atoms. The van der Waals surface area contributed by atoms with Crippen LogP contribution in [0.15, 0.2) is 53.4 Å². The Hall–Kier alpha value is -2.34. The number of rotatable bonds is 8. The Morgan fingerprint density at radius 2 is 1.62 bits per heavy atom. The van der Waals surface area contributed by atoms with Crippen LogP contribution in [0.4, 0.5) is 25.1 Å². The first-order valence-electron chi connectivity index (χ1n) is 13.7. The Morgan fingerprint density at radius 3 is 2.28 bits per heavy atom. The highest BCUT2D eigenvalue weighted by atomic mass is 32.5. The van der Waals surface area contributed by atoms with Gasteiger partial charge in [0.25, 0.3) is 0 Å². The quantitative estimate of drug-likeness (QED) is 0.284. The maximum Gasteiger partial charge on any atom is 0.310 e. The minimum Gasteiger partial charge on any atom is -0.371 e. The van der Waals surface area contributed by atoms with Crippen LogP contribution in [0, 0.1) is 0 Å². The van der Waals surface area contributed by atoms with Crippen molar-refractivity contribution in [2.75, 3.05) is 57.3 Å². The van der Waals surface area contributed by atoms with Crippen LogP contribution in [-0.4, -0.2) is 79.2 Å². The average Bonchev–Trinajstić information content (AvgIpc) is 3.32. The van der Waals surface area contributed by atoms with E-state index in [9.17, 15) is 19.4 Å². The third-order valence-electron chi connectivity index (χ3n) is 8.05. The van der Waals surface area contributed by atoms with Gasteiger partial charge in [0.2, 0.25) is 0 Å². The molecular weight excluding hydrogens is 533 g/mol. The molecule has 2 saturated heterocycles. The van der Waals surface area contributed by atoms with Gasteiger partial charge in [0.1, 0.15) is 4.90 Å². The van der Waals surface area contributed by atoms with Crippen molar-refractivity contribution in [3.8, 4) is 11.3 Å². The van der Waals surface area contributed by atoms with Gasteiger partial charge in [-0.3, -0.25) is 9.80 Å². The number of nitrogens with one attached hydrogen (secondary N) is 2. The third kappa shape index (κ3) is 6.87. The Morgan fingerprint density at radius 1 is 0.897 bits per heavy atom. The summed E-state index contributed by atoms with van der Waals surface area (Å²) in [5.74, 6) is 0. The number of piperazine rings is 1. The SMILES string of the molecule is CC(C)N1CCN(CCNC2CCN(c3cccc(-c4cc5cc(S(F)(F)(F)(F)F)ccc5[nH]4)c3)CC2)CC1. The van der Waals surface area contributed by atoms with Crippen molar-refractivity contribution in [3.63, 3.8) is 0 Å². The van der Waals surface area contributed by atoms with Crippen molar-refractivity contribution < 1.29 is 19.4 Å². The van der Waals surface area contributed by atoms with E-state index in [0.717, 1.165) is 82.5 Å². The van der Waals surface area contributed by atoms with Crippen molar-refractivity contribution in [1.82, 2.24) is 20.1 Å². The number of halogens is 5. The topological polar surface area (TPSA) is 37.5 Å². The zero-order valence-corrected chi connectivity index (χ0v) is 23.3. The minimum atomic E-state index is -9.73. The normalized spacial score (nSPS) is 20.5. The fraction of sp³-hybridized carbons (Fsp3) is 0.500. The van der Waals surface area contributed by atoms with Crippen molar-refractivity contribution in [2.24, 2.45) is 0 Å². The molecule has 0 aliphatic carbocycles. The maximum absolute atomic E-state index is 13.3. The van der Waals surface area contributed by atoms with E-state index in [1.54, 1.807) is 0 Å². The number of aromatic nitrogens is 1. The molecule has 2 aliphatic rings. The monoisotopic (exact) mass is 571 g/mol. The molecule has 5 nitrogen and oxygen atoms in total. The smallest absolute Gasteiger partial charge is 0.310 e. The Labute approximate surface area is 227 Å². The van der Waals surface area contributed by atoms with Crippen LogP contribution in [0.3, 0.4) is 0 Å². The summed E-state index contributed by atoms with van der Waals surface area (Å²) in [6.07, 6.45) is 2.07. The second-order valence-corrected chi connectivity index (χ2v) is 13.5. The molecule has 0 unspecified atom stereocenters. The summed E-state index contributed by atoms with van der Waals surface area (Å²) in [7, 11) is -9.73. The van der Waals surface area contributed by atoms with Gasteiger partial charge in [-0.05, 0) is 68.7 Å². The molecule has 1 aromatic heterocycles. The molecule has 216 valence electrons. The summed E-state index contributed by atoms with van der Waals surface area (Å²) in [4.78, 5) is 8.59. The molecule has 3 aromatic rings. The molecule has 0 bridgehead atoms. The van der Waals surface area contributed by atoms with Crippen LogP contribution < -0.4 is 10.2 Å². The molecule has 2 fully saturated rings. The lowest BCUT2D eigenvalue weighted by Gasteiger charge is -2.40. The number of hydrogen-bond donors (Lipinski definition) is 2. The van der Waals surface area contributed by atoms with Crippen LogP contribution in [-0.2, 0) is 0 Å². The predicted octanol–water partition coefficient (Wildman–Crippen LogP) is 7.08. The number of aromatic amines is 1. The Bertz CT molecular complexity index is 1290. The zero-order chi connectivity index (χ0) is 27.9. The van der Waals surface area contributed by atoms with Gasteiger partial charge in [-0.25, -0.2) is 0 Å². The molecule has 0 atom stereocenters.